The molecule has 1 aliphatic carbocycles. The van der Waals surface area contributed by atoms with E-state index in [-0.39, 0.29) is 29.6 Å². The topological polar surface area (TPSA) is 87.2 Å². The number of aryl methyl sites for hydroxylation is 1. The molecule has 0 atom stereocenters. The summed E-state index contributed by atoms with van der Waals surface area (Å²) in [5.41, 5.74) is 2.40. The maximum Gasteiger partial charge on any atom is 0.361 e. The average molecular weight is 365 g/mol. The lowest BCUT2D eigenvalue weighted by Gasteiger charge is -2.09. The normalized spacial score (nSPS) is 13.6. The van der Waals surface area contributed by atoms with Crippen LogP contribution in [-0.2, 0) is 4.74 Å². The first-order chi connectivity index (χ1) is 13.1. The van der Waals surface area contributed by atoms with E-state index in [9.17, 15) is 9.59 Å². The van der Waals surface area contributed by atoms with E-state index in [1.54, 1.807) is 25.5 Å². The number of carbonyl (C=O) groups is 2. The second kappa shape index (κ2) is 6.83. The van der Waals surface area contributed by atoms with Crippen molar-refractivity contribution in [3.63, 3.8) is 0 Å². The van der Waals surface area contributed by atoms with Crippen LogP contribution in [0.25, 0.3) is 5.69 Å². The van der Waals surface area contributed by atoms with E-state index < -0.39 is 5.97 Å². The summed E-state index contributed by atoms with van der Waals surface area (Å²) in [6.07, 6.45) is 7.08. The molecular formula is C20H19N3O4. The number of carbonyl (C=O) groups excluding carboxylic acids is 2. The summed E-state index contributed by atoms with van der Waals surface area (Å²) < 4.78 is 12.3. The number of imidazole rings is 1. The predicted molar refractivity (Wildman–Crippen MR) is 96.2 cm³/mol. The predicted octanol–water partition coefficient (Wildman–Crippen LogP) is 3.45. The zero-order valence-electron chi connectivity index (χ0n) is 15.1. The number of nitrogens with zero attached hydrogens (tertiary/aromatic N) is 3. The molecule has 2 heterocycles. The Hall–Kier alpha value is -3.22. The summed E-state index contributed by atoms with van der Waals surface area (Å²) in [6.45, 7) is 3.78. The van der Waals surface area contributed by atoms with Gasteiger partial charge in [0.25, 0.3) is 0 Å². The summed E-state index contributed by atoms with van der Waals surface area (Å²) in [5, 5.41) is 3.85. The lowest BCUT2D eigenvalue weighted by atomic mass is 9.96. The highest BCUT2D eigenvalue weighted by atomic mass is 16.5. The third-order valence-corrected chi connectivity index (χ3v) is 4.62. The second-order valence-corrected chi connectivity index (χ2v) is 6.56. The van der Waals surface area contributed by atoms with E-state index in [2.05, 4.69) is 10.1 Å². The number of hydrogen-bond acceptors (Lipinski definition) is 6. The van der Waals surface area contributed by atoms with E-state index in [1.807, 2.05) is 29.8 Å². The molecule has 7 heteroatoms. The van der Waals surface area contributed by atoms with Gasteiger partial charge >= 0.3 is 5.97 Å². The SMILES string of the molecule is CCOC(=O)c1noc(C2CC2)c1C(=O)c1ccc(-n2ccnc2)cc1C. The molecule has 0 spiro atoms. The van der Waals surface area contributed by atoms with Crippen molar-refractivity contribution in [2.75, 3.05) is 6.61 Å². The minimum absolute atomic E-state index is 0.0400. The monoisotopic (exact) mass is 365 g/mol. The molecule has 0 aliphatic heterocycles. The van der Waals surface area contributed by atoms with Gasteiger partial charge in [-0.25, -0.2) is 9.78 Å². The van der Waals surface area contributed by atoms with Crippen molar-refractivity contribution in [2.45, 2.75) is 32.6 Å². The molecule has 27 heavy (non-hydrogen) atoms. The summed E-state index contributed by atoms with van der Waals surface area (Å²) in [5.74, 6) is -0.272. The van der Waals surface area contributed by atoms with Crippen molar-refractivity contribution >= 4 is 11.8 Å². The molecule has 0 N–H and O–H groups in total. The molecule has 1 saturated carbocycles. The molecule has 2 aromatic heterocycles. The Morgan fingerprint density at radius 2 is 2.15 bits per heavy atom. The Bertz CT molecular complexity index is 1000. The first kappa shape index (κ1) is 17.2. The van der Waals surface area contributed by atoms with Crippen LogP contribution in [0.5, 0.6) is 0 Å². The Labute approximate surface area is 156 Å². The van der Waals surface area contributed by atoms with Crippen LogP contribution in [0.3, 0.4) is 0 Å². The zero-order valence-corrected chi connectivity index (χ0v) is 15.1. The standard InChI is InChI=1S/C20H19N3O4/c1-3-26-20(25)17-16(19(27-22-17)13-4-5-13)18(24)15-7-6-14(10-12(15)2)23-9-8-21-11-23/h6-11,13H,3-5H2,1-2H3. The first-order valence-corrected chi connectivity index (χ1v) is 8.90. The van der Waals surface area contributed by atoms with E-state index >= 15 is 0 Å². The zero-order chi connectivity index (χ0) is 19.0. The van der Waals surface area contributed by atoms with E-state index in [0.717, 1.165) is 24.1 Å². The molecule has 0 radical (unpaired) electrons. The number of ether oxygens (including phenoxy) is 1. The van der Waals surface area contributed by atoms with E-state index in [1.165, 1.54) is 0 Å². The quantitative estimate of drug-likeness (QED) is 0.491. The highest BCUT2D eigenvalue weighted by Gasteiger charge is 2.37. The van der Waals surface area contributed by atoms with Crippen LogP contribution in [0.2, 0.25) is 0 Å². The van der Waals surface area contributed by atoms with E-state index in [4.69, 9.17) is 9.26 Å². The molecule has 0 amide bonds. The van der Waals surface area contributed by atoms with Crippen molar-refractivity contribution in [1.82, 2.24) is 14.7 Å². The fourth-order valence-corrected chi connectivity index (χ4v) is 3.09. The number of hydrogen-bond donors (Lipinski definition) is 0. The van der Waals surface area contributed by atoms with Gasteiger partial charge in [-0.15, -0.1) is 0 Å². The van der Waals surface area contributed by atoms with Gasteiger partial charge in [0.15, 0.2) is 11.5 Å². The molecule has 0 unspecified atom stereocenters. The second-order valence-electron chi connectivity index (χ2n) is 6.56. The van der Waals surface area contributed by atoms with Gasteiger partial charge in [0.05, 0.1) is 12.9 Å². The van der Waals surface area contributed by atoms with Crippen molar-refractivity contribution in [3.8, 4) is 5.69 Å². The van der Waals surface area contributed by atoms with Crippen LogP contribution in [-0.4, -0.2) is 33.1 Å². The lowest BCUT2D eigenvalue weighted by molar-refractivity contribution is 0.0512. The van der Waals surface area contributed by atoms with Crippen molar-refractivity contribution in [2.24, 2.45) is 0 Å². The van der Waals surface area contributed by atoms with Crippen LogP contribution >= 0.6 is 0 Å². The van der Waals surface area contributed by atoms with Crippen molar-refractivity contribution in [3.05, 3.63) is 65.1 Å². The Morgan fingerprint density at radius 1 is 1.33 bits per heavy atom. The molecule has 0 saturated heterocycles. The molecular weight excluding hydrogens is 346 g/mol. The summed E-state index contributed by atoms with van der Waals surface area (Å²) in [4.78, 5) is 29.6. The fraction of sp³-hybridized carbons (Fsp3) is 0.300. The fourth-order valence-electron chi connectivity index (χ4n) is 3.09. The van der Waals surface area contributed by atoms with Gasteiger partial charge in [-0.05, 0) is 50.5 Å². The highest BCUT2D eigenvalue weighted by Crippen LogP contribution is 2.43. The van der Waals surface area contributed by atoms with Gasteiger partial charge in [-0.2, -0.15) is 0 Å². The summed E-state index contributed by atoms with van der Waals surface area (Å²) >= 11 is 0. The van der Waals surface area contributed by atoms with Crippen LogP contribution in [0, 0.1) is 6.92 Å². The maximum absolute atomic E-state index is 13.3. The highest BCUT2D eigenvalue weighted by molar-refractivity contribution is 6.15. The van der Waals surface area contributed by atoms with Crippen LogP contribution in [0.1, 0.15) is 63.4 Å². The van der Waals surface area contributed by atoms with Crippen LogP contribution in [0.4, 0.5) is 0 Å². The number of ketones is 1. The van der Waals surface area contributed by atoms with Crippen molar-refractivity contribution < 1.29 is 18.8 Å². The summed E-state index contributed by atoms with van der Waals surface area (Å²) in [6, 6.07) is 5.51. The van der Waals surface area contributed by atoms with Crippen LogP contribution < -0.4 is 0 Å². The smallest absolute Gasteiger partial charge is 0.361 e. The average Bonchev–Trinajstić information content (AvgIpc) is 3.19. The van der Waals surface area contributed by atoms with Gasteiger partial charge in [0, 0.05) is 29.6 Å². The maximum atomic E-state index is 13.3. The number of benzene rings is 1. The number of aromatic nitrogens is 3. The minimum atomic E-state index is -0.635. The Balaban J connectivity index is 1.74. The minimum Gasteiger partial charge on any atom is -0.461 e. The third kappa shape index (κ3) is 3.16. The lowest BCUT2D eigenvalue weighted by Crippen LogP contribution is -2.14. The largest absolute Gasteiger partial charge is 0.461 e. The van der Waals surface area contributed by atoms with Gasteiger partial charge in [-0.3, -0.25) is 4.79 Å². The number of esters is 1. The molecule has 1 aromatic carbocycles. The summed E-state index contributed by atoms with van der Waals surface area (Å²) in [7, 11) is 0. The molecule has 138 valence electrons. The van der Waals surface area contributed by atoms with Gasteiger partial charge in [0.1, 0.15) is 5.56 Å². The Kier molecular flexibility index (Phi) is 4.35. The van der Waals surface area contributed by atoms with Gasteiger partial charge < -0.3 is 13.8 Å². The van der Waals surface area contributed by atoms with Gasteiger partial charge in [-0.1, -0.05) is 5.16 Å². The Morgan fingerprint density at radius 3 is 2.78 bits per heavy atom. The molecule has 7 nitrogen and oxygen atoms in total. The molecule has 1 fully saturated rings. The molecule has 1 aliphatic rings. The van der Waals surface area contributed by atoms with Gasteiger partial charge in [0.2, 0.25) is 5.69 Å². The van der Waals surface area contributed by atoms with Crippen LogP contribution in [0.15, 0.2) is 41.4 Å². The molecule has 4 rings (SSSR count). The first-order valence-electron chi connectivity index (χ1n) is 8.90. The third-order valence-electron chi connectivity index (χ3n) is 4.62. The van der Waals surface area contributed by atoms with E-state index in [0.29, 0.717) is 11.3 Å². The molecule has 0 bridgehead atoms. The van der Waals surface area contributed by atoms with Crippen molar-refractivity contribution in [1.29, 1.82) is 0 Å². The number of rotatable bonds is 6. The molecule has 3 aromatic rings.